The third-order valence-corrected chi connectivity index (χ3v) is 4.20. The fourth-order valence-corrected chi connectivity index (χ4v) is 2.85. The molecule has 0 N–H and O–H groups in total. The molecule has 0 fully saturated rings. The topological polar surface area (TPSA) is 27.7 Å². The third-order valence-electron chi connectivity index (χ3n) is 4.20. The van der Waals surface area contributed by atoms with E-state index >= 15 is 0 Å². The molecule has 0 aliphatic heterocycles. The number of hydrogen-bond donors (Lipinski definition) is 0. The molecular formula is C24H23FO3. The smallest absolute Gasteiger partial charge is 0.130 e. The van der Waals surface area contributed by atoms with Crippen LogP contribution in [0.4, 0.5) is 4.39 Å². The molecule has 4 heteroatoms. The van der Waals surface area contributed by atoms with E-state index in [0.717, 1.165) is 22.3 Å². The predicted molar refractivity (Wildman–Crippen MR) is 109 cm³/mol. The zero-order chi connectivity index (χ0) is 19.8. The average molecular weight is 378 g/mol. The van der Waals surface area contributed by atoms with Crippen molar-refractivity contribution in [2.75, 3.05) is 13.7 Å². The van der Waals surface area contributed by atoms with Gasteiger partial charge in [0, 0.05) is 25.3 Å². The third kappa shape index (κ3) is 5.44. The number of halogens is 1. The minimum atomic E-state index is -0.405. The predicted octanol–water partition coefficient (Wildman–Crippen LogP) is 5.64. The van der Waals surface area contributed by atoms with Crippen molar-refractivity contribution in [1.29, 1.82) is 0 Å². The number of methoxy groups -OCH3 is 1. The fraction of sp³-hybridized carbons (Fsp3) is 0.167. The molecule has 0 saturated heterocycles. The highest BCUT2D eigenvalue weighted by molar-refractivity contribution is 5.67. The minimum absolute atomic E-state index is 0.292. The van der Waals surface area contributed by atoms with Crippen LogP contribution in [0.15, 0.2) is 79.4 Å². The monoisotopic (exact) mass is 378 g/mol. The summed E-state index contributed by atoms with van der Waals surface area (Å²) in [6.45, 7) is 5.15. The van der Waals surface area contributed by atoms with E-state index in [2.05, 4.69) is 6.58 Å². The van der Waals surface area contributed by atoms with Gasteiger partial charge in [0.2, 0.25) is 0 Å². The molecule has 3 rings (SSSR count). The Labute approximate surface area is 165 Å². The van der Waals surface area contributed by atoms with Crippen molar-refractivity contribution >= 4 is 5.57 Å². The standard InChI is InChI=1S/C24H23FO3/c1-18(15-26-2)24-11-7-6-10-20(24)17-28-23-13-21(25)12-22(14-23)27-16-19-8-4-3-5-9-19/h3-14H,1,15-17H2,2H3. The van der Waals surface area contributed by atoms with E-state index < -0.39 is 5.82 Å². The van der Waals surface area contributed by atoms with Gasteiger partial charge in [-0.1, -0.05) is 61.2 Å². The number of hydrogen-bond acceptors (Lipinski definition) is 3. The van der Waals surface area contributed by atoms with Gasteiger partial charge in [0.05, 0.1) is 6.61 Å². The van der Waals surface area contributed by atoms with E-state index in [1.54, 1.807) is 13.2 Å². The molecule has 0 spiro atoms. The Morgan fingerprint density at radius 3 is 2.21 bits per heavy atom. The van der Waals surface area contributed by atoms with E-state index in [1.807, 2.05) is 54.6 Å². The van der Waals surface area contributed by atoms with Crippen molar-refractivity contribution in [1.82, 2.24) is 0 Å². The van der Waals surface area contributed by atoms with Gasteiger partial charge in [0.25, 0.3) is 0 Å². The molecule has 0 radical (unpaired) electrons. The van der Waals surface area contributed by atoms with E-state index in [-0.39, 0.29) is 0 Å². The first kappa shape index (κ1) is 19.6. The number of rotatable bonds is 9. The second-order valence-corrected chi connectivity index (χ2v) is 6.38. The van der Waals surface area contributed by atoms with Gasteiger partial charge in [-0.15, -0.1) is 0 Å². The van der Waals surface area contributed by atoms with E-state index in [4.69, 9.17) is 14.2 Å². The molecule has 0 heterocycles. The van der Waals surface area contributed by atoms with Crippen LogP contribution in [0.3, 0.4) is 0 Å². The van der Waals surface area contributed by atoms with Crippen LogP contribution in [0.2, 0.25) is 0 Å². The summed E-state index contributed by atoms with van der Waals surface area (Å²) in [7, 11) is 1.63. The Bertz CT molecular complexity index is 922. The van der Waals surface area contributed by atoms with Gasteiger partial charge in [-0.2, -0.15) is 0 Å². The summed E-state index contributed by atoms with van der Waals surface area (Å²) in [4.78, 5) is 0. The molecule has 3 nitrogen and oxygen atoms in total. The van der Waals surface area contributed by atoms with Gasteiger partial charge in [0.1, 0.15) is 30.5 Å². The summed E-state index contributed by atoms with van der Waals surface area (Å²) in [6.07, 6.45) is 0. The largest absolute Gasteiger partial charge is 0.489 e. The van der Waals surface area contributed by atoms with Crippen molar-refractivity contribution in [3.8, 4) is 11.5 Å². The lowest BCUT2D eigenvalue weighted by Crippen LogP contribution is -2.03. The normalized spacial score (nSPS) is 10.5. The van der Waals surface area contributed by atoms with Crippen molar-refractivity contribution < 1.29 is 18.6 Å². The van der Waals surface area contributed by atoms with Crippen LogP contribution >= 0.6 is 0 Å². The maximum absolute atomic E-state index is 14.0. The minimum Gasteiger partial charge on any atom is -0.489 e. The lowest BCUT2D eigenvalue weighted by Gasteiger charge is -2.14. The molecule has 0 unspecified atom stereocenters. The van der Waals surface area contributed by atoms with Gasteiger partial charge >= 0.3 is 0 Å². The highest BCUT2D eigenvalue weighted by atomic mass is 19.1. The number of ether oxygens (including phenoxy) is 3. The molecule has 0 amide bonds. The van der Waals surface area contributed by atoms with Gasteiger partial charge in [-0.3, -0.25) is 0 Å². The molecule has 0 atom stereocenters. The fourth-order valence-electron chi connectivity index (χ4n) is 2.85. The maximum Gasteiger partial charge on any atom is 0.130 e. The highest BCUT2D eigenvalue weighted by Gasteiger charge is 2.08. The van der Waals surface area contributed by atoms with Crippen LogP contribution in [0.1, 0.15) is 16.7 Å². The van der Waals surface area contributed by atoms with Gasteiger partial charge in [0.15, 0.2) is 0 Å². The second kappa shape index (κ2) is 9.72. The maximum atomic E-state index is 14.0. The molecule has 0 aliphatic rings. The van der Waals surface area contributed by atoms with Crippen molar-refractivity contribution in [2.45, 2.75) is 13.2 Å². The Balaban J connectivity index is 1.68. The average Bonchev–Trinajstić information content (AvgIpc) is 2.71. The molecule has 0 aliphatic carbocycles. The van der Waals surface area contributed by atoms with Crippen LogP contribution in [0, 0.1) is 5.82 Å². The second-order valence-electron chi connectivity index (χ2n) is 6.38. The summed E-state index contributed by atoms with van der Waals surface area (Å²) < 4.78 is 30.7. The first-order valence-electron chi connectivity index (χ1n) is 9.01. The van der Waals surface area contributed by atoms with Crippen LogP contribution in [-0.2, 0) is 18.0 Å². The molecule has 0 bridgehead atoms. The van der Waals surface area contributed by atoms with Crippen molar-refractivity contribution in [3.05, 3.63) is 102 Å². The van der Waals surface area contributed by atoms with Gasteiger partial charge < -0.3 is 14.2 Å². The van der Waals surface area contributed by atoms with E-state index in [0.29, 0.717) is 31.3 Å². The first-order chi connectivity index (χ1) is 13.7. The summed E-state index contributed by atoms with van der Waals surface area (Å²) in [6, 6.07) is 21.9. The van der Waals surface area contributed by atoms with Crippen molar-refractivity contribution in [3.63, 3.8) is 0 Å². The first-order valence-corrected chi connectivity index (χ1v) is 9.01. The van der Waals surface area contributed by atoms with Crippen LogP contribution in [0.5, 0.6) is 11.5 Å². The summed E-state index contributed by atoms with van der Waals surface area (Å²) >= 11 is 0. The number of benzene rings is 3. The van der Waals surface area contributed by atoms with Crippen molar-refractivity contribution in [2.24, 2.45) is 0 Å². The molecule has 144 valence electrons. The molecule has 0 saturated carbocycles. The molecule has 3 aromatic rings. The molecule has 3 aromatic carbocycles. The van der Waals surface area contributed by atoms with Crippen LogP contribution < -0.4 is 9.47 Å². The summed E-state index contributed by atoms with van der Waals surface area (Å²) in [5, 5.41) is 0. The molecule has 28 heavy (non-hydrogen) atoms. The highest BCUT2D eigenvalue weighted by Crippen LogP contribution is 2.25. The van der Waals surface area contributed by atoms with Gasteiger partial charge in [-0.05, 0) is 22.3 Å². The SMILES string of the molecule is C=C(COC)c1ccccc1COc1cc(F)cc(OCc2ccccc2)c1. The molecule has 0 aromatic heterocycles. The Hall–Kier alpha value is -3.11. The Morgan fingerprint density at radius 1 is 0.857 bits per heavy atom. The van der Waals surface area contributed by atoms with Crippen LogP contribution in [-0.4, -0.2) is 13.7 Å². The van der Waals surface area contributed by atoms with Crippen LogP contribution in [0.25, 0.3) is 5.57 Å². The zero-order valence-corrected chi connectivity index (χ0v) is 15.9. The lowest BCUT2D eigenvalue weighted by molar-refractivity contribution is 0.239. The quantitative estimate of drug-likeness (QED) is 0.482. The Morgan fingerprint density at radius 2 is 1.50 bits per heavy atom. The Kier molecular flexibility index (Phi) is 6.82. The molecular weight excluding hydrogens is 355 g/mol. The van der Waals surface area contributed by atoms with Gasteiger partial charge in [-0.25, -0.2) is 4.39 Å². The summed E-state index contributed by atoms with van der Waals surface area (Å²) in [5.74, 6) is 0.434. The zero-order valence-electron chi connectivity index (χ0n) is 15.9. The van der Waals surface area contributed by atoms with E-state index in [1.165, 1.54) is 12.1 Å². The summed E-state index contributed by atoms with van der Waals surface area (Å²) in [5.41, 5.74) is 3.81. The lowest BCUT2D eigenvalue weighted by atomic mass is 10.0. The van der Waals surface area contributed by atoms with E-state index in [9.17, 15) is 4.39 Å².